The molecule has 3 rings (SSSR count). The molecule has 2 heterocycles. The van der Waals surface area contributed by atoms with Crippen molar-refractivity contribution in [3.05, 3.63) is 53.8 Å². The van der Waals surface area contributed by atoms with Crippen molar-refractivity contribution in [1.82, 2.24) is 15.6 Å². The van der Waals surface area contributed by atoms with Crippen LogP contribution in [0, 0.1) is 5.92 Å². The zero-order valence-corrected chi connectivity index (χ0v) is 18.6. The molecule has 0 unspecified atom stereocenters. The molecule has 0 spiro atoms. The van der Waals surface area contributed by atoms with Gasteiger partial charge in [-0.1, -0.05) is 24.9 Å². The van der Waals surface area contributed by atoms with Crippen molar-refractivity contribution < 1.29 is 9.59 Å². The fourth-order valence-corrected chi connectivity index (χ4v) is 3.86. The van der Waals surface area contributed by atoms with Gasteiger partial charge in [-0.15, -0.1) is 0 Å². The molecule has 1 aliphatic rings. The molecule has 1 atom stereocenters. The fraction of sp³-hybridized carbons (Fsp3) is 0.435. The molecule has 0 saturated carbocycles. The number of aromatic nitrogens is 1. The predicted molar refractivity (Wildman–Crippen MR) is 124 cm³/mol. The third kappa shape index (κ3) is 7.14. The number of benzene rings is 1. The number of halogens is 1. The second-order valence-electron chi connectivity index (χ2n) is 7.83. The van der Waals surface area contributed by atoms with Crippen molar-refractivity contribution >= 4 is 34.9 Å². The topological polar surface area (TPSA) is 86.4 Å². The van der Waals surface area contributed by atoms with E-state index < -0.39 is 12.1 Å². The predicted octanol–water partition coefficient (Wildman–Crippen LogP) is 4.06. The highest BCUT2D eigenvalue weighted by atomic mass is 35.5. The van der Waals surface area contributed by atoms with Gasteiger partial charge in [0.05, 0.1) is 0 Å². The number of urea groups is 1. The number of pyridine rings is 1. The van der Waals surface area contributed by atoms with Gasteiger partial charge >= 0.3 is 6.03 Å². The van der Waals surface area contributed by atoms with E-state index in [9.17, 15) is 9.59 Å². The average molecular weight is 444 g/mol. The summed E-state index contributed by atoms with van der Waals surface area (Å²) in [5.74, 6) is 0.303. The number of hydrogen-bond donors (Lipinski definition) is 3. The van der Waals surface area contributed by atoms with Crippen molar-refractivity contribution in [3.8, 4) is 0 Å². The maximum absolute atomic E-state index is 12.7. The Balaban J connectivity index is 1.43. The molecule has 166 valence electrons. The third-order valence-electron chi connectivity index (χ3n) is 5.51. The molecule has 1 aliphatic heterocycles. The van der Waals surface area contributed by atoms with E-state index >= 15 is 0 Å². The average Bonchev–Trinajstić information content (AvgIpc) is 2.79. The van der Waals surface area contributed by atoms with E-state index in [-0.39, 0.29) is 5.91 Å². The first-order valence-electron chi connectivity index (χ1n) is 10.8. The second kappa shape index (κ2) is 11.6. The van der Waals surface area contributed by atoms with E-state index in [1.165, 1.54) is 5.69 Å². The molecular weight excluding hydrogens is 414 g/mol. The summed E-state index contributed by atoms with van der Waals surface area (Å²) in [6.07, 6.45) is 7.04. The zero-order valence-electron chi connectivity index (χ0n) is 17.8. The van der Waals surface area contributed by atoms with Crippen LogP contribution < -0.4 is 20.9 Å². The number of carbonyl (C=O) groups excluding carboxylic acids is 2. The van der Waals surface area contributed by atoms with E-state index in [0.29, 0.717) is 29.6 Å². The van der Waals surface area contributed by atoms with Crippen molar-refractivity contribution in [1.29, 1.82) is 0 Å². The molecule has 8 heteroatoms. The van der Waals surface area contributed by atoms with E-state index in [2.05, 4.69) is 25.8 Å². The summed E-state index contributed by atoms with van der Waals surface area (Å²) in [5.41, 5.74) is 1.81. The molecule has 3 N–H and O–H groups in total. The Labute approximate surface area is 188 Å². The number of amides is 3. The Morgan fingerprint density at radius 1 is 1.13 bits per heavy atom. The lowest BCUT2D eigenvalue weighted by Crippen LogP contribution is -2.49. The lowest BCUT2D eigenvalue weighted by molar-refractivity contribution is -0.123. The number of nitrogens with zero attached hydrogens (tertiary/aromatic N) is 2. The van der Waals surface area contributed by atoms with Crippen molar-refractivity contribution in [3.63, 3.8) is 0 Å². The number of piperidine rings is 1. The minimum Gasteiger partial charge on any atom is -0.371 e. The van der Waals surface area contributed by atoms with Crippen LogP contribution in [-0.2, 0) is 4.79 Å². The lowest BCUT2D eigenvalue weighted by Gasteiger charge is -2.33. The molecule has 3 amide bonds. The van der Waals surface area contributed by atoms with Crippen LogP contribution in [0.3, 0.4) is 0 Å². The maximum Gasteiger partial charge on any atom is 0.319 e. The van der Waals surface area contributed by atoms with Gasteiger partial charge in [0.1, 0.15) is 6.04 Å². The van der Waals surface area contributed by atoms with Crippen LogP contribution in [0.5, 0.6) is 0 Å². The van der Waals surface area contributed by atoms with E-state index in [0.717, 1.165) is 32.4 Å². The van der Waals surface area contributed by atoms with Crippen LogP contribution in [0.2, 0.25) is 5.02 Å². The quantitative estimate of drug-likeness (QED) is 0.574. The normalized spacial score (nSPS) is 15.2. The fourth-order valence-electron chi connectivity index (χ4n) is 3.73. The molecule has 1 aromatic heterocycles. The Morgan fingerprint density at radius 2 is 1.81 bits per heavy atom. The van der Waals surface area contributed by atoms with Crippen LogP contribution >= 0.6 is 11.6 Å². The summed E-state index contributed by atoms with van der Waals surface area (Å²) in [5, 5.41) is 9.17. The van der Waals surface area contributed by atoms with Gasteiger partial charge in [-0.2, -0.15) is 0 Å². The van der Waals surface area contributed by atoms with E-state index in [1.54, 1.807) is 24.3 Å². The monoisotopic (exact) mass is 443 g/mol. The minimum absolute atomic E-state index is 0.135. The van der Waals surface area contributed by atoms with Gasteiger partial charge in [0.2, 0.25) is 5.91 Å². The first-order valence-corrected chi connectivity index (χ1v) is 11.2. The SMILES string of the molecule is CCC[C@@H](NC(=O)Nc1ccc(Cl)cc1)C(=O)NCC1CCN(c2ccncc2)CC1. The van der Waals surface area contributed by atoms with Gasteiger partial charge in [0.25, 0.3) is 0 Å². The Hall–Kier alpha value is -2.80. The molecule has 31 heavy (non-hydrogen) atoms. The second-order valence-corrected chi connectivity index (χ2v) is 8.26. The van der Waals surface area contributed by atoms with Crippen LogP contribution in [0.25, 0.3) is 0 Å². The van der Waals surface area contributed by atoms with E-state index in [1.807, 2.05) is 31.5 Å². The summed E-state index contributed by atoms with van der Waals surface area (Å²) >= 11 is 5.87. The molecule has 0 radical (unpaired) electrons. The summed E-state index contributed by atoms with van der Waals surface area (Å²) in [4.78, 5) is 31.4. The van der Waals surface area contributed by atoms with Gasteiger partial charge in [0, 0.05) is 48.4 Å². The van der Waals surface area contributed by atoms with Gasteiger partial charge in [-0.25, -0.2) is 4.79 Å². The Bertz CT molecular complexity index is 839. The number of nitrogens with one attached hydrogen (secondary N) is 3. The zero-order chi connectivity index (χ0) is 22.1. The highest BCUT2D eigenvalue weighted by Crippen LogP contribution is 2.22. The first-order chi connectivity index (χ1) is 15.0. The molecule has 1 aromatic carbocycles. The molecule has 0 aliphatic carbocycles. The van der Waals surface area contributed by atoms with Gasteiger partial charge in [0.15, 0.2) is 0 Å². The van der Waals surface area contributed by atoms with Gasteiger partial charge in [-0.05, 0) is 61.6 Å². The molecular formula is C23H30ClN5O2. The molecule has 1 saturated heterocycles. The van der Waals surface area contributed by atoms with Crippen LogP contribution in [0.4, 0.5) is 16.2 Å². The number of rotatable bonds is 8. The maximum atomic E-state index is 12.7. The van der Waals surface area contributed by atoms with Crippen molar-refractivity contribution in [2.45, 2.75) is 38.6 Å². The Morgan fingerprint density at radius 3 is 2.45 bits per heavy atom. The standard InChI is InChI=1S/C23H30ClN5O2/c1-2-3-21(28-23(31)27-19-6-4-18(24)5-7-19)22(30)26-16-17-10-14-29(15-11-17)20-8-12-25-13-9-20/h4-9,12-13,17,21H,2-3,10-11,14-16H2,1H3,(H,26,30)(H2,27,28,31)/t21-/m1/s1. The molecule has 1 fully saturated rings. The third-order valence-corrected chi connectivity index (χ3v) is 5.76. The summed E-state index contributed by atoms with van der Waals surface area (Å²) in [6, 6.07) is 9.93. The molecule has 7 nitrogen and oxygen atoms in total. The Kier molecular flexibility index (Phi) is 8.53. The summed E-state index contributed by atoms with van der Waals surface area (Å²) in [6.45, 7) is 4.55. The largest absolute Gasteiger partial charge is 0.371 e. The number of anilines is 2. The first kappa shape index (κ1) is 22.9. The van der Waals surface area contributed by atoms with Crippen molar-refractivity contribution in [2.75, 3.05) is 29.9 Å². The van der Waals surface area contributed by atoms with Crippen LogP contribution in [-0.4, -0.2) is 42.6 Å². The number of hydrogen-bond acceptors (Lipinski definition) is 4. The lowest BCUT2D eigenvalue weighted by atomic mass is 9.96. The minimum atomic E-state index is -0.561. The van der Waals surface area contributed by atoms with Gasteiger partial charge < -0.3 is 20.9 Å². The van der Waals surface area contributed by atoms with Crippen LogP contribution in [0.15, 0.2) is 48.8 Å². The smallest absolute Gasteiger partial charge is 0.319 e. The van der Waals surface area contributed by atoms with Gasteiger partial charge in [-0.3, -0.25) is 9.78 Å². The highest BCUT2D eigenvalue weighted by Gasteiger charge is 2.23. The summed E-state index contributed by atoms with van der Waals surface area (Å²) in [7, 11) is 0. The van der Waals surface area contributed by atoms with Crippen molar-refractivity contribution in [2.24, 2.45) is 5.92 Å². The molecule has 0 bridgehead atoms. The highest BCUT2D eigenvalue weighted by molar-refractivity contribution is 6.30. The summed E-state index contributed by atoms with van der Waals surface area (Å²) < 4.78 is 0. The number of carbonyl (C=O) groups is 2. The molecule has 2 aromatic rings. The van der Waals surface area contributed by atoms with E-state index in [4.69, 9.17) is 11.6 Å². The van der Waals surface area contributed by atoms with Crippen LogP contribution in [0.1, 0.15) is 32.6 Å².